The Kier molecular flexibility index (Phi) is 5.50. The summed E-state index contributed by atoms with van der Waals surface area (Å²) in [7, 11) is 0. The molecule has 15 heavy (non-hydrogen) atoms. The fraction of sp³-hybridized carbons (Fsp3) is 0.923. The Bertz CT molecular complexity index is 205. The molecule has 2 nitrogen and oxygen atoms in total. The predicted octanol–water partition coefficient (Wildman–Crippen LogP) is 3.59. The molecule has 0 radical (unpaired) electrons. The molecule has 0 aromatic rings. The standard InChI is InChI=1S/C13H26O2/c1-7-8-13(5,6)15-10-9-12(3,4)11(2)14/h7-10H2,1-6H3. The normalized spacial score (nSPS) is 12.9. The van der Waals surface area contributed by atoms with E-state index in [4.69, 9.17) is 4.74 Å². The van der Waals surface area contributed by atoms with Gasteiger partial charge in [0, 0.05) is 12.0 Å². The average molecular weight is 214 g/mol. The highest BCUT2D eigenvalue weighted by atomic mass is 16.5. The zero-order valence-corrected chi connectivity index (χ0v) is 11.1. The van der Waals surface area contributed by atoms with Crippen LogP contribution >= 0.6 is 0 Å². The molecule has 0 spiro atoms. The minimum atomic E-state index is -0.248. The average Bonchev–Trinajstić information content (AvgIpc) is 2.02. The van der Waals surface area contributed by atoms with Gasteiger partial charge in [-0.05, 0) is 33.6 Å². The van der Waals surface area contributed by atoms with Gasteiger partial charge in [0.15, 0.2) is 0 Å². The summed E-state index contributed by atoms with van der Waals surface area (Å²) in [6, 6.07) is 0. The second-order valence-electron chi connectivity index (χ2n) is 5.55. The van der Waals surface area contributed by atoms with Crippen molar-refractivity contribution >= 4 is 5.78 Å². The molecule has 0 aliphatic rings. The number of carbonyl (C=O) groups excluding carboxylic acids is 1. The van der Waals surface area contributed by atoms with Crippen LogP contribution in [0.5, 0.6) is 0 Å². The molecule has 0 amide bonds. The molecule has 0 saturated carbocycles. The number of hydrogen-bond acceptors (Lipinski definition) is 2. The largest absolute Gasteiger partial charge is 0.376 e. The monoisotopic (exact) mass is 214 g/mol. The Balaban J connectivity index is 3.93. The molecule has 0 aromatic heterocycles. The van der Waals surface area contributed by atoms with E-state index in [0.29, 0.717) is 6.61 Å². The number of carbonyl (C=O) groups is 1. The summed E-state index contributed by atoms with van der Waals surface area (Å²) >= 11 is 0. The summed E-state index contributed by atoms with van der Waals surface area (Å²) in [5.41, 5.74) is -0.302. The molecular weight excluding hydrogens is 188 g/mol. The molecule has 0 fully saturated rings. The number of Topliss-reactive ketones (excluding diaryl/α,β-unsaturated/α-hetero) is 1. The molecule has 0 bridgehead atoms. The summed E-state index contributed by atoms with van der Waals surface area (Å²) in [5.74, 6) is 0.236. The van der Waals surface area contributed by atoms with Crippen molar-refractivity contribution in [2.45, 2.75) is 66.4 Å². The summed E-state index contributed by atoms with van der Waals surface area (Å²) < 4.78 is 5.80. The fourth-order valence-corrected chi connectivity index (χ4v) is 1.43. The number of ether oxygens (including phenoxy) is 1. The number of hydrogen-bond donors (Lipinski definition) is 0. The molecule has 0 aliphatic carbocycles. The maximum absolute atomic E-state index is 11.3. The summed E-state index contributed by atoms with van der Waals surface area (Å²) in [5, 5.41) is 0. The van der Waals surface area contributed by atoms with Gasteiger partial charge >= 0.3 is 0 Å². The van der Waals surface area contributed by atoms with Gasteiger partial charge in [0.1, 0.15) is 5.78 Å². The highest BCUT2D eigenvalue weighted by Crippen LogP contribution is 2.24. The van der Waals surface area contributed by atoms with Gasteiger partial charge in [-0.15, -0.1) is 0 Å². The van der Waals surface area contributed by atoms with Crippen LogP contribution in [0.2, 0.25) is 0 Å². The maximum Gasteiger partial charge on any atom is 0.135 e. The van der Waals surface area contributed by atoms with Crippen molar-refractivity contribution in [3.8, 4) is 0 Å². The second-order valence-corrected chi connectivity index (χ2v) is 5.55. The molecule has 0 unspecified atom stereocenters. The Labute approximate surface area is 94.4 Å². The smallest absolute Gasteiger partial charge is 0.135 e. The Morgan fingerprint density at radius 3 is 2.07 bits per heavy atom. The third kappa shape index (κ3) is 5.93. The minimum absolute atomic E-state index is 0.0539. The maximum atomic E-state index is 11.3. The van der Waals surface area contributed by atoms with Gasteiger partial charge in [-0.25, -0.2) is 0 Å². The van der Waals surface area contributed by atoms with E-state index in [1.807, 2.05) is 13.8 Å². The van der Waals surface area contributed by atoms with Crippen LogP contribution in [0.1, 0.15) is 60.8 Å². The first kappa shape index (κ1) is 14.6. The summed E-state index contributed by atoms with van der Waals surface area (Å²) in [6.45, 7) is 12.6. The van der Waals surface area contributed by atoms with E-state index >= 15 is 0 Å². The first-order valence-corrected chi connectivity index (χ1v) is 5.86. The Morgan fingerprint density at radius 2 is 1.67 bits per heavy atom. The van der Waals surface area contributed by atoms with Gasteiger partial charge in [-0.2, -0.15) is 0 Å². The second kappa shape index (κ2) is 5.64. The van der Waals surface area contributed by atoms with Crippen LogP contribution in [0.25, 0.3) is 0 Å². The van der Waals surface area contributed by atoms with Gasteiger partial charge in [-0.1, -0.05) is 27.2 Å². The van der Waals surface area contributed by atoms with Crippen LogP contribution in [0.4, 0.5) is 0 Å². The molecule has 0 aromatic carbocycles. The van der Waals surface area contributed by atoms with Crippen molar-refractivity contribution in [2.75, 3.05) is 6.61 Å². The third-order valence-corrected chi connectivity index (χ3v) is 3.02. The first-order valence-electron chi connectivity index (χ1n) is 5.86. The Morgan fingerprint density at radius 1 is 1.13 bits per heavy atom. The lowest BCUT2D eigenvalue weighted by Gasteiger charge is -2.28. The van der Waals surface area contributed by atoms with E-state index in [2.05, 4.69) is 20.8 Å². The predicted molar refractivity (Wildman–Crippen MR) is 64.0 cm³/mol. The van der Waals surface area contributed by atoms with Crippen molar-refractivity contribution < 1.29 is 9.53 Å². The molecule has 0 N–H and O–H groups in total. The highest BCUT2D eigenvalue weighted by Gasteiger charge is 2.25. The number of rotatable bonds is 7. The van der Waals surface area contributed by atoms with Crippen LogP contribution in [0.3, 0.4) is 0 Å². The fourth-order valence-electron chi connectivity index (χ4n) is 1.43. The lowest BCUT2D eigenvalue weighted by atomic mass is 9.86. The minimum Gasteiger partial charge on any atom is -0.376 e. The summed E-state index contributed by atoms with van der Waals surface area (Å²) in [6.07, 6.45) is 2.99. The zero-order chi connectivity index (χ0) is 12.1. The van der Waals surface area contributed by atoms with Crippen LogP contribution in [-0.4, -0.2) is 18.0 Å². The zero-order valence-electron chi connectivity index (χ0n) is 11.1. The molecule has 0 rings (SSSR count). The lowest BCUT2D eigenvalue weighted by molar-refractivity contribution is -0.126. The molecule has 2 heteroatoms. The van der Waals surface area contributed by atoms with Crippen LogP contribution in [0.15, 0.2) is 0 Å². The van der Waals surface area contributed by atoms with Crippen molar-refractivity contribution in [1.29, 1.82) is 0 Å². The van der Waals surface area contributed by atoms with Crippen molar-refractivity contribution in [2.24, 2.45) is 5.41 Å². The van der Waals surface area contributed by atoms with E-state index in [1.54, 1.807) is 6.92 Å². The van der Waals surface area contributed by atoms with E-state index in [-0.39, 0.29) is 16.8 Å². The van der Waals surface area contributed by atoms with Gasteiger partial charge in [0.25, 0.3) is 0 Å². The van der Waals surface area contributed by atoms with Crippen LogP contribution in [-0.2, 0) is 9.53 Å². The quantitative estimate of drug-likeness (QED) is 0.647. The Hall–Kier alpha value is -0.370. The van der Waals surface area contributed by atoms with Crippen molar-refractivity contribution in [1.82, 2.24) is 0 Å². The number of ketones is 1. The van der Waals surface area contributed by atoms with E-state index < -0.39 is 0 Å². The third-order valence-electron chi connectivity index (χ3n) is 3.02. The van der Waals surface area contributed by atoms with E-state index in [9.17, 15) is 4.79 Å². The summed E-state index contributed by atoms with van der Waals surface area (Å²) in [4.78, 5) is 11.3. The molecule has 0 aliphatic heterocycles. The van der Waals surface area contributed by atoms with E-state index in [0.717, 1.165) is 19.3 Å². The molecule has 90 valence electrons. The van der Waals surface area contributed by atoms with Gasteiger partial charge < -0.3 is 4.74 Å². The van der Waals surface area contributed by atoms with Gasteiger partial charge in [0.05, 0.1) is 5.60 Å². The van der Waals surface area contributed by atoms with Crippen LogP contribution < -0.4 is 0 Å². The topological polar surface area (TPSA) is 26.3 Å². The van der Waals surface area contributed by atoms with Crippen molar-refractivity contribution in [3.05, 3.63) is 0 Å². The molecule has 0 heterocycles. The highest BCUT2D eigenvalue weighted by molar-refractivity contribution is 5.81. The molecule has 0 atom stereocenters. The van der Waals surface area contributed by atoms with Crippen LogP contribution in [0, 0.1) is 5.41 Å². The molecular formula is C13H26O2. The lowest BCUT2D eigenvalue weighted by Crippen LogP contribution is -2.29. The molecule has 0 saturated heterocycles. The van der Waals surface area contributed by atoms with Gasteiger partial charge in [-0.3, -0.25) is 4.79 Å². The van der Waals surface area contributed by atoms with Crippen molar-refractivity contribution in [3.63, 3.8) is 0 Å². The van der Waals surface area contributed by atoms with E-state index in [1.165, 1.54) is 0 Å². The SMILES string of the molecule is CCCC(C)(C)OCCC(C)(C)C(C)=O. The first-order chi connectivity index (χ1) is 6.71. The van der Waals surface area contributed by atoms with Gasteiger partial charge in [0.2, 0.25) is 0 Å².